The molecule has 0 aromatic heterocycles. The Bertz CT molecular complexity index is 1070. The monoisotopic (exact) mass is 460 g/mol. The first-order chi connectivity index (χ1) is 15.3. The van der Waals surface area contributed by atoms with Crippen molar-refractivity contribution < 1.29 is 22.8 Å². The Kier molecular flexibility index (Phi) is 5.34. The van der Waals surface area contributed by atoms with Crippen LogP contribution in [0.4, 0.5) is 0 Å². The SMILES string of the molecule is O=C1CCC(N2Cc3cccc(CNC4CNCC45CCS(=O)(=O)CC5)c3C2=O)C(=O)N1. The number of amides is 3. The Morgan fingerprint density at radius 2 is 1.94 bits per heavy atom. The summed E-state index contributed by atoms with van der Waals surface area (Å²) in [6, 6.07) is 5.27. The molecular formula is C22H28N4O5S. The molecule has 3 fully saturated rings. The summed E-state index contributed by atoms with van der Waals surface area (Å²) in [7, 11) is -2.94. The van der Waals surface area contributed by atoms with E-state index in [0.29, 0.717) is 37.9 Å². The number of rotatable bonds is 4. The average molecular weight is 461 g/mol. The molecule has 0 saturated carbocycles. The zero-order valence-corrected chi connectivity index (χ0v) is 18.7. The van der Waals surface area contributed by atoms with E-state index in [1.165, 1.54) is 0 Å². The number of piperidine rings is 1. The topological polar surface area (TPSA) is 125 Å². The molecule has 3 saturated heterocycles. The highest BCUT2D eigenvalue weighted by Crippen LogP contribution is 2.38. The van der Waals surface area contributed by atoms with Gasteiger partial charge in [-0.05, 0) is 30.4 Å². The number of nitrogens with zero attached hydrogens (tertiary/aromatic N) is 1. The van der Waals surface area contributed by atoms with Crippen molar-refractivity contribution in [3.63, 3.8) is 0 Å². The van der Waals surface area contributed by atoms with E-state index in [9.17, 15) is 22.8 Å². The first kappa shape index (κ1) is 21.5. The van der Waals surface area contributed by atoms with Crippen LogP contribution in [0.5, 0.6) is 0 Å². The van der Waals surface area contributed by atoms with Gasteiger partial charge in [-0.25, -0.2) is 8.42 Å². The average Bonchev–Trinajstić information content (AvgIpc) is 3.30. The van der Waals surface area contributed by atoms with Crippen molar-refractivity contribution >= 4 is 27.6 Å². The molecule has 4 aliphatic heterocycles. The Balaban J connectivity index is 1.31. The van der Waals surface area contributed by atoms with Crippen molar-refractivity contribution in [2.24, 2.45) is 5.41 Å². The summed E-state index contributed by atoms with van der Waals surface area (Å²) in [5, 5.41) is 9.34. The summed E-state index contributed by atoms with van der Waals surface area (Å²) in [5.74, 6) is -0.418. The molecule has 1 aromatic carbocycles. The largest absolute Gasteiger partial charge is 0.322 e. The maximum absolute atomic E-state index is 13.3. The fourth-order valence-electron chi connectivity index (χ4n) is 5.63. The minimum absolute atomic E-state index is 0.0773. The van der Waals surface area contributed by atoms with Crippen LogP contribution in [-0.2, 0) is 32.5 Å². The number of carbonyl (C=O) groups excluding carboxylic acids is 3. The van der Waals surface area contributed by atoms with Gasteiger partial charge in [0.05, 0.1) is 11.5 Å². The normalized spacial score (nSPS) is 28.8. The number of fused-ring (bicyclic) bond motifs is 1. The number of nitrogens with one attached hydrogen (secondary N) is 3. The van der Waals surface area contributed by atoms with Gasteiger partial charge < -0.3 is 15.5 Å². The third-order valence-electron chi connectivity index (χ3n) is 7.56. The molecule has 3 amide bonds. The molecule has 1 aromatic rings. The van der Waals surface area contributed by atoms with Crippen LogP contribution in [0, 0.1) is 5.41 Å². The fourth-order valence-corrected chi connectivity index (χ4v) is 7.27. The van der Waals surface area contributed by atoms with E-state index in [1.54, 1.807) is 4.90 Å². The number of carbonyl (C=O) groups is 3. The van der Waals surface area contributed by atoms with Gasteiger partial charge in [-0.15, -0.1) is 0 Å². The van der Waals surface area contributed by atoms with Crippen LogP contribution < -0.4 is 16.0 Å². The molecule has 9 nitrogen and oxygen atoms in total. The standard InChI is InChI=1S/C22H28N4O5S/c27-18-5-4-16(20(28)25-18)26-12-15-3-1-2-14(19(15)21(26)29)10-24-17-11-23-13-22(17)6-8-32(30,31)9-7-22/h1-3,16-17,23-24H,4-13H2,(H,25,27,28). The highest BCUT2D eigenvalue weighted by atomic mass is 32.2. The molecule has 2 unspecified atom stereocenters. The second kappa shape index (κ2) is 7.93. The summed E-state index contributed by atoms with van der Waals surface area (Å²) < 4.78 is 23.8. The number of benzene rings is 1. The zero-order chi connectivity index (χ0) is 22.5. The molecule has 0 bridgehead atoms. The summed E-state index contributed by atoms with van der Waals surface area (Å²) in [6.07, 6.45) is 1.87. The van der Waals surface area contributed by atoms with E-state index in [4.69, 9.17) is 0 Å². The molecule has 0 radical (unpaired) electrons. The number of hydrogen-bond acceptors (Lipinski definition) is 7. The van der Waals surface area contributed by atoms with Crippen LogP contribution in [0.1, 0.15) is 47.2 Å². The van der Waals surface area contributed by atoms with E-state index in [1.807, 2.05) is 18.2 Å². The number of hydrogen-bond donors (Lipinski definition) is 3. The van der Waals surface area contributed by atoms with Crippen LogP contribution in [0.25, 0.3) is 0 Å². The van der Waals surface area contributed by atoms with Gasteiger partial charge in [0.1, 0.15) is 15.9 Å². The minimum atomic E-state index is -2.94. The molecule has 4 aliphatic rings. The first-order valence-corrected chi connectivity index (χ1v) is 13.0. The Labute approximate surface area is 187 Å². The van der Waals surface area contributed by atoms with Crippen molar-refractivity contribution in [1.82, 2.24) is 20.9 Å². The lowest BCUT2D eigenvalue weighted by atomic mass is 9.77. The Morgan fingerprint density at radius 3 is 2.69 bits per heavy atom. The summed E-state index contributed by atoms with van der Waals surface area (Å²) in [4.78, 5) is 38.6. The lowest BCUT2D eigenvalue weighted by Gasteiger charge is -2.38. The van der Waals surface area contributed by atoms with Crippen LogP contribution in [-0.4, -0.2) is 67.7 Å². The van der Waals surface area contributed by atoms with Crippen molar-refractivity contribution in [2.75, 3.05) is 24.6 Å². The molecule has 32 heavy (non-hydrogen) atoms. The van der Waals surface area contributed by atoms with Gasteiger partial charge in [-0.2, -0.15) is 0 Å². The number of sulfone groups is 1. The molecular weight excluding hydrogens is 432 g/mol. The molecule has 1 spiro atoms. The van der Waals surface area contributed by atoms with Gasteiger partial charge in [-0.3, -0.25) is 19.7 Å². The molecule has 3 N–H and O–H groups in total. The Hall–Kier alpha value is -2.30. The van der Waals surface area contributed by atoms with E-state index in [0.717, 1.165) is 24.2 Å². The van der Waals surface area contributed by atoms with Crippen LogP contribution in [0.3, 0.4) is 0 Å². The van der Waals surface area contributed by atoms with Gasteiger partial charge in [0.15, 0.2) is 0 Å². The predicted molar refractivity (Wildman–Crippen MR) is 116 cm³/mol. The maximum atomic E-state index is 13.3. The summed E-state index contributed by atoms with van der Waals surface area (Å²) in [6.45, 7) is 2.43. The third kappa shape index (κ3) is 3.74. The fraction of sp³-hybridized carbons (Fsp3) is 0.591. The van der Waals surface area contributed by atoms with Crippen LogP contribution >= 0.6 is 0 Å². The molecule has 5 rings (SSSR count). The second-order valence-electron chi connectivity index (χ2n) is 9.43. The highest BCUT2D eigenvalue weighted by Gasteiger charge is 2.46. The van der Waals surface area contributed by atoms with Crippen molar-refractivity contribution in [2.45, 2.75) is 50.9 Å². The van der Waals surface area contributed by atoms with Crippen molar-refractivity contribution in [3.8, 4) is 0 Å². The third-order valence-corrected chi connectivity index (χ3v) is 9.22. The summed E-state index contributed by atoms with van der Waals surface area (Å²) >= 11 is 0. The van der Waals surface area contributed by atoms with Gasteiger partial charge in [0.2, 0.25) is 11.8 Å². The van der Waals surface area contributed by atoms with E-state index in [2.05, 4.69) is 16.0 Å². The zero-order valence-electron chi connectivity index (χ0n) is 17.9. The predicted octanol–water partition coefficient (Wildman–Crippen LogP) is -0.296. The van der Waals surface area contributed by atoms with Gasteiger partial charge in [0, 0.05) is 49.6 Å². The second-order valence-corrected chi connectivity index (χ2v) is 11.7. The van der Waals surface area contributed by atoms with Gasteiger partial charge in [0.25, 0.3) is 5.91 Å². The van der Waals surface area contributed by atoms with Crippen LogP contribution in [0.15, 0.2) is 18.2 Å². The Morgan fingerprint density at radius 1 is 1.16 bits per heavy atom. The summed E-state index contributed by atoms with van der Waals surface area (Å²) in [5.41, 5.74) is 2.33. The van der Waals surface area contributed by atoms with Gasteiger partial charge in [-0.1, -0.05) is 18.2 Å². The van der Waals surface area contributed by atoms with E-state index < -0.39 is 21.8 Å². The van der Waals surface area contributed by atoms with Crippen molar-refractivity contribution in [3.05, 3.63) is 34.9 Å². The first-order valence-electron chi connectivity index (χ1n) is 11.2. The van der Waals surface area contributed by atoms with E-state index >= 15 is 0 Å². The maximum Gasteiger partial charge on any atom is 0.255 e. The minimum Gasteiger partial charge on any atom is -0.322 e. The van der Waals surface area contributed by atoms with E-state index in [-0.39, 0.29) is 41.2 Å². The molecule has 172 valence electrons. The molecule has 0 aliphatic carbocycles. The lowest BCUT2D eigenvalue weighted by molar-refractivity contribution is -0.136. The smallest absolute Gasteiger partial charge is 0.255 e. The number of imide groups is 1. The lowest BCUT2D eigenvalue weighted by Crippen LogP contribution is -2.52. The van der Waals surface area contributed by atoms with Crippen LogP contribution in [0.2, 0.25) is 0 Å². The highest BCUT2D eigenvalue weighted by molar-refractivity contribution is 7.91. The molecule has 2 atom stereocenters. The quantitative estimate of drug-likeness (QED) is 0.527. The van der Waals surface area contributed by atoms with Crippen molar-refractivity contribution in [1.29, 1.82) is 0 Å². The van der Waals surface area contributed by atoms with Gasteiger partial charge >= 0.3 is 0 Å². The molecule has 10 heteroatoms. The molecule has 4 heterocycles.